The Hall–Kier alpha value is -2.05. The SMILES string of the molecule is CC(C)CN(C[C@H](O)[C@@H](Cc1ccccc1)NC(O)O[C@H]1CCOC1)S(=O)(=O)c1ccc(N)cc1. The van der Waals surface area contributed by atoms with Crippen molar-refractivity contribution >= 4 is 15.7 Å². The van der Waals surface area contributed by atoms with Crippen LogP contribution in [0.5, 0.6) is 0 Å². The predicted molar refractivity (Wildman–Crippen MR) is 134 cm³/mol. The fourth-order valence-electron chi connectivity index (χ4n) is 4.00. The smallest absolute Gasteiger partial charge is 0.243 e. The van der Waals surface area contributed by atoms with Crippen molar-refractivity contribution in [3.8, 4) is 0 Å². The highest BCUT2D eigenvalue weighted by atomic mass is 32.2. The molecule has 3 rings (SSSR count). The van der Waals surface area contributed by atoms with Crippen molar-refractivity contribution in [2.24, 2.45) is 5.92 Å². The van der Waals surface area contributed by atoms with Crippen LogP contribution in [0.4, 0.5) is 5.69 Å². The molecule has 4 atom stereocenters. The molecule has 1 heterocycles. The highest BCUT2D eigenvalue weighted by molar-refractivity contribution is 7.89. The van der Waals surface area contributed by atoms with Gasteiger partial charge in [-0.2, -0.15) is 4.31 Å². The van der Waals surface area contributed by atoms with Gasteiger partial charge in [-0.1, -0.05) is 44.2 Å². The molecule has 35 heavy (non-hydrogen) atoms. The van der Waals surface area contributed by atoms with E-state index in [-0.39, 0.29) is 30.0 Å². The van der Waals surface area contributed by atoms with Gasteiger partial charge < -0.3 is 25.4 Å². The van der Waals surface area contributed by atoms with Crippen molar-refractivity contribution in [3.05, 3.63) is 60.2 Å². The molecule has 10 heteroatoms. The summed E-state index contributed by atoms with van der Waals surface area (Å²) in [4.78, 5) is 0.108. The van der Waals surface area contributed by atoms with E-state index in [4.69, 9.17) is 15.2 Å². The van der Waals surface area contributed by atoms with Crippen molar-refractivity contribution in [3.63, 3.8) is 0 Å². The second-order valence-electron chi connectivity index (χ2n) is 9.29. The third-order valence-corrected chi connectivity index (χ3v) is 7.65. The summed E-state index contributed by atoms with van der Waals surface area (Å²) >= 11 is 0. The maximum absolute atomic E-state index is 13.4. The van der Waals surface area contributed by atoms with Crippen LogP contribution in [0, 0.1) is 5.92 Å². The van der Waals surface area contributed by atoms with Gasteiger partial charge in [0.1, 0.15) is 0 Å². The van der Waals surface area contributed by atoms with Crippen molar-refractivity contribution in [2.45, 2.75) is 56.2 Å². The molecule has 2 aromatic rings. The third kappa shape index (κ3) is 8.25. The molecular weight excluding hydrogens is 470 g/mol. The molecule has 0 aromatic heterocycles. The minimum atomic E-state index is -3.88. The van der Waals surface area contributed by atoms with E-state index in [1.807, 2.05) is 44.2 Å². The molecule has 1 aliphatic rings. The van der Waals surface area contributed by atoms with E-state index in [1.165, 1.54) is 28.6 Å². The molecule has 0 saturated carbocycles. The number of aliphatic hydroxyl groups excluding tert-OH is 2. The van der Waals surface area contributed by atoms with Crippen molar-refractivity contribution in [1.82, 2.24) is 9.62 Å². The zero-order valence-corrected chi connectivity index (χ0v) is 21.1. The average Bonchev–Trinajstić information content (AvgIpc) is 3.31. The number of sulfonamides is 1. The van der Waals surface area contributed by atoms with Gasteiger partial charge in [0.25, 0.3) is 0 Å². The normalized spacial score (nSPS) is 19.2. The van der Waals surface area contributed by atoms with Gasteiger partial charge in [-0.3, -0.25) is 5.32 Å². The zero-order chi connectivity index (χ0) is 25.4. The lowest BCUT2D eigenvalue weighted by Crippen LogP contribution is -2.53. The molecule has 2 aromatic carbocycles. The van der Waals surface area contributed by atoms with Gasteiger partial charge in [0, 0.05) is 31.4 Å². The first-order valence-corrected chi connectivity index (χ1v) is 13.3. The van der Waals surface area contributed by atoms with E-state index < -0.39 is 28.6 Å². The lowest BCUT2D eigenvalue weighted by Gasteiger charge is -2.32. The molecule has 1 saturated heterocycles. The molecule has 1 aliphatic heterocycles. The lowest BCUT2D eigenvalue weighted by molar-refractivity contribution is -0.162. The molecule has 0 bridgehead atoms. The number of ether oxygens (including phenoxy) is 2. The number of benzene rings is 2. The Balaban J connectivity index is 1.79. The Morgan fingerprint density at radius 2 is 1.80 bits per heavy atom. The Labute approximate surface area is 207 Å². The van der Waals surface area contributed by atoms with Gasteiger partial charge in [0.15, 0.2) is 0 Å². The number of aliphatic hydroxyl groups is 2. The molecule has 0 aliphatic carbocycles. The number of nitrogens with two attached hydrogens (primary N) is 1. The summed E-state index contributed by atoms with van der Waals surface area (Å²) in [5.41, 5.74) is 7.12. The molecule has 0 spiro atoms. The minimum absolute atomic E-state index is 0.0302. The van der Waals surface area contributed by atoms with Gasteiger partial charge in [-0.15, -0.1) is 0 Å². The zero-order valence-electron chi connectivity index (χ0n) is 20.3. The second-order valence-corrected chi connectivity index (χ2v) is 11.2. The van der Waals surface area contributed by atoms with E-state index in [9.17, 15) is 18.6 Å². The number of rotatable bonds is 13. The Bertz CT molecular complexity index is 998. The first-order valence-electron chi connectivity index (χ1n) is 11.9. The Kier molecular flexibility index (Phi) is 10.0. The fourth-order valence-corrected chi connectivity index (χ4v) is 5.62. The topological polar surface area (TPSA) is 134 Å². The summed E-state index contributed by atoms with van der Waals surface area (Å²) in [7, 11) is -3.88. The molecule has 9 nitrogen and oxygen atoms in total. The number of nitrogens with one attached hydrogen (secondary N) is 1. The molecule has 5 N–H and O–H groups in total. The fraction of sp³-hybridized carbons (Fsp3) is 0.520. The molecule has 1 unspecified atom stereocenters. The summed E-state index contributed by atoms with van der Waals surface area (Å²) in [6, 6.07) is 14.8. The first-order chi connectivity index (χ1) is 16.6. The summed E-state index contributed by atoms with van der Waals surface area (Å²) < 4.78 is 39.0. The van der Waals surface area contributed by atoms with Crippen LogP contribution in [0.3, 0.4) is 0 Å². The molecular formula is C25H37N3O6S. The standard InChI is InChI=1S/C25H37N3O6S/c1-18(2)15-28(35(31,32)22-10-8-20(26)9-11-22)16-24(29)23(14-19-6-4-3-5-7-19)27-25(30)34-21-12-13-33-17-21/h3-11,18,21,23-25,27,29-30H,12-17,26H2,1-2H3/t21-,23+,24-,25?/m0/s1. The van der Waals surface area contributed by atoms with Crippen LogP contribution < -0.4 is 11.1 Å². The van der Waals surface area contributed by atoms with Gasteiger partial charge >= 0.3 is 0 Å². The second kappa shape index (κ2) is 12.8. The van der Waals surface area contributed by atoms with Crippen molar-refractivity contribution < 1.29 is 28.1 Å². The van der Waals surface area contributed by atoms with Gasteiger partial charge in [-0.25, -0.2) is 8.42 Å². The number of nitrogen functional groups attached to an aromatic ring is 1. The summed E-state index contributed by atoms with van der Waals surface area (Å²) in [6.45, 7) is 4.86. The van der Waals surface area contributed by atoms with Crippen LogP contribution in [0.2, 0.25) is 0 Å². The number of nitrogens with zero attached hydrogens (tertiary/aromatic N) is 1. The van der Waals surface area contributed by atoms with E-state index >= 15 is 0 Å². The average molecular weight is 508 g/mol. The van der Waals surface area contributed by atoms with Gasteiger partial charge in [0.05, 0.1) is 23.7 Å². The van der Waals surface area contributed by atoms with Crippen LogP contribution in [-0.2, 0) is 25.9 Å². The number of hydrogen-bond acceptors (Lipinski definition) is 8. The van der Waals surface area contributed by atoms with E-state index in [1.54, 1.807) is 0 Å². The summed E-state index contributed by atoms with van der Waals surface area (Å²) in [5, 5.41) is 24.7. The maximum Gasteiger partial charge on any atom is 0.243 e. The first kappa shape index (κ1) is 27.5. The summed E-state index contributed by atoms with van der Waals surface area (Å²) in [5.74, 6) is 0.0302. The molecule has 0 radical (unpaired) electrons. The van der Waals surface area contributed by atoms with Crippen molar-refractivity contribution in [2.75, 3.05) is 32.0 Å². The van der Waals surface area contributed by atoms with Crippen LogP contribution in [-0.4, -0.2) is 73.9 Å². The highest BCUT2D eigenvalue weighted by Gasteiger charge is 2.32. The number of hydrogen-bond donors (Lipinski definition) is 4. The quantitative estimate of drug-likeness (QED) is 0.237. The third-order valence-electron chi connectivity index (χ3n) is 5.81. The van der Waals surface area contributed by atoms with E-state index in [2.05, 4.69) is 5.32 Å². The van der Waals surface area contributed by atoms with E-state index in [0.717, 1.165) is 5.56 Å². The predicted octanol–water partition coefficient (Wildman–Crippen LogP) is 1.56. The Morgan fingerprint density at radius 1 is 1.11 bits per heavy atom. The largest absolute Gasteiger partial charge is 0.399 e. The Morgan fingerprint density at radius 3 is 2.40 bits per heavy atom. The maximum atomic E-state index is 13.4. The molecule has 0 amide bonds. The number of anilines is 1. The van der Waals surface area contributed by atoms with Gasteiger partial charge in [0.2, 0.25) is 16.4 Å². The van der Waals surface area contributed by atoms with Gasteiger partial charge in [-0.05, 0) is 48.6 Å². The summed E-state index contributed by atoms with van der Waals surface area (Å²) in [6.07, 6.45) is -1.67. The highest BCUT2D eigenvalue weighted by Crippen LogP contribution is 2.20. The van der Waals surface area contributed by atoms with Crippen LogP contribution in [0.15, 0.2) is 59.5 Å². The van der Waals surface area contributed by atoms with Crippen molar-refractivity contribution in [1.29, 1.82) is 0 Å². The minimum Gasteiger partial charge on any atom is -0.399 e. The lowest BCUT2D eigenvalue weighted by atomic mass is 10.0. The van der Waals surface area contributed by atoms with Crippen LogP contribution >= 0.6 is 0 Å². The van der Waals surface area contributed by atoms with E-state index in [0.29, 0.717) is 31.7 Å². The van der Waals surface area contributed by atoms with Crippen LogP contribution in [0.1, 0.15) is 25.8 Å². The molecule has 1 fully saturated rings. The molecule has 194 valence electrons. The van der Waals surface area contributed by atoms with Crippen LogP contribution in [0.25, 0.3) is 0 Å². The monoisotopic (exact) mass is 507 g/mol.